The third-order valence-corrected chi connectivity index (χ3v) is 2.85. The van der Waals surface area contributed by atoms with Crippen LogP contribution in [0.15, 0.2) is 42.5 Å². The van der Waals surface area contributed by atoms with Crippen LogP contribution < -0.4 is 5.32 Å². The Kier molecular flexibility index (Phi) is 4.03. The molecule has 0 amide bonds. The SMILES string of the molecule is N#Cc1ccc(NCc2cccc(O)c2)cc1C(F)(F)F. The molecule has 0 saturated carbocycles. The highest BCUT2D eigenvalue weighted by atomic mass is 19.4. The van der Waals surface area contributed by atoms with Crippen molar-refractivity contribution >= 4 is 5.69 Å². The molecule has 0 fully saturated rings. The fraction of sp³-hybridized carbons (Fsp3) is 0.133. The molecule has 2 aromatic rings. The van der Waals surface area contributed by atoms with E-state index in [1.165, 1.54) is 24.3 Å². The molecule has 0 radical (unpaired) electrons. The molecule has 0 heterocycles. The van der Waals surface area contributed by atoms with Gasteiger partial charge < -0.3 is 10.4 Å². The van der Waals surface area contributed by atoms with Gasteiger partial charge in [0.15, 0.2) is 0 Å². The first-order valence-corrected chi connectivity index (χ1v) is 6.03. The Labute approximate surface area is 119 Å². The molecule has 0 aromatic heterocycles. The normalized spacial score (nSPS) is 11.0. The first kappa shape index (κ1) is 14.7. The Bertz CT molecular complexity index is 690. The number of nitriles is 1. The molecule has 0 unspecified atom stereocenters. The molecule has 108 valence electrons. The minimum absolute atomic E-state index is 0.0881. The number of anilines is 1. The second kappa shape index (κ2) is 5.75. The zero-order chi connectivity index (χ0) is 15.5. The number of hydrogen-bond acceptors (Lipinski definition) is 3. The highest BCUT2D eigenvalue weighted by Crippen LogP contribution is 2.33. The molecule has 6 heteroatoms. The third kappa shape index (κ3) is 3.66. The lowest BCUT2D eigenvalue weighted by Crippen LogP contribution is -2.09. The highest BCUT2D eigenvalue weighted by molar-refractivity contribution is 5.53. The molecule has 0 atom stereocenters. The molecular weight excluding hydrogens is 281 g/mol. The Balaban J connectivity index is 2.20. The first-order chi connectivity index (χ1) is 9.90. The van der Waals surface area contributed by atoms with Gasteiger partial charge in [0.05, 0.1) is 17.2 Å². The van der Waals surface area contributed by atoms with Crippen molar-refractivity contribution in [2.24, 2.45) is 0 Å². The second-order valence-electron chi connectivity index (χ2n) is 4.39. The van der Waals surface area contributed by atoms with Crippen LogP contribution in [-0.2, 0) is 12.7 Å². The number of aromatic hydroxyl groups is 1. The van der Waals surface area contributed by atoms with Gasteiger partial charge in [-0.3, -0.25) is 0 Å². The van der Waals surface area contributed by atoms with Gasteiger partial charge in [0.2, 0.25) is 0 Å². The number of nitrogens with one attached hydrogen (secondary N) is 1. The van der Waals surface area contributed by atoms with E-state index in [9.17, 15) is 18.3 Å². The van der Waals surface area contributed by atoms with Crippen molar-refractivity contribution in [2.45, 2.75) is 12.7 Å². The fourth-order valence-corrected chi connectivity index (χ4v) is 1.86. The van der Waals surface area contributed by atoms with Crippen LogP contribution in [0.2, 0.25) is 0 Å². The van der Waals surface area contributed by atoms with Gasteiger partial charge in [0.1, 0.15) is 5.75 Å². The van der Waals surface area contributed by atoms with Crippen LogP contribution in [-0.4, -0.2) is 5.11 Å². The number of halogens is 3. The predicted molar refractivity (Wildman–Crippen MR) is 71.6 cm³/mol. The van der Waals surface area contributed by atoms with Crippen molar-refractivity contribution in [3.05, 3.63) is 59.2 Å². The molecule has 0 spiro atoms. The maximum atomic E-state index is 12.8. The van der Waals surface area contributed by atoms with Gasteiger partial charge in [-0.25, -0.2) is 0 Å². The van der Waals surface area contributed by atoms with Crippen LogP contribution in [0.5, 0.6) is 5.75 Å². The Morgan fingerprint density at radius 1 is 1.14 bits per heavy atom. The standard InChI is InChI=1S/C15H11F3N2O/c16-15(17,18)14-7-12(5-4-11(14)8-19)20-9-10-2-1-3-13(21)6-10/h1-7,20-21H,9H2. The van der Waals surface area contributed by atoms with E-state index >= 15 is 0 Å². The summed E-state index contributed by atoms with van der Waals surface area (Å²) >= 11 is 0. The highest BCUT2D eigenvalue weighted by Gasteiger charge is 2.33. The largest absolute Gasteiger partial charge is 0.508 e. The molecule has 2 rings (SSSR count). The fourth-order valence-electron chi connectivity index (χ4n) is 1.86. The monoisotopic (exact) mass is 292 g/mol. The molecule has 0 saturated heterocycles. The van der Waals surface area contributed by atoms with Crippen LogP contribution in [0.25, 0.3) is 0 Å². The summed E-state index contributed by atoms with van der Waals surface area (Å²) in [5.41, 5.74) is -0.395. The van der Waals surface area contributed by atoms with Gasteiger partial charge in [-0.15, -0.1) is 0 Å². The summed E-state index contributed by atoms with van der Waals surface area (Å²) in [5.74, 6) is 0.0881. The summed E-state index contributed by atoms with van der Waals surface area (Å²) in [6.45, 7) is 0.262. The molecular formula is C15H11F3N2O. The Morgan fingerprint density at radius 3 is 2.52 bits per heavy atom. The van der Waals surface area contributed by atoms with E-state index in [2.05, 4.69) is 5.32 Å². The first-order valence-electron chi connectivity index (χ1n) is 6.03. The summed E-state index contributed by atoms with van der Waals surface area (Å²) in [4.78, 5) is 0. The minimum atomic E-state index is -4.58. The number of benzene rings is 2. The second-order valence-corrected chi connectivity index (χ2v) is 4.39. The number of phenols is 1. The lowest BCUT2D eigenvalue weighted by molar-refractivity contribution is -0.137. The Hall–Kier alpha value is -2.68. The smallest absolute Gasteiger partial charge is 0.417 e. The summed E-state index contributed by atoms with van der Waals surface area (Å²) in [6, 6.07) is 11.4. The van der Waals surface area contributed by atoms with Crippen molar-refractivity contribution < 1.29 is 18.3 Å². The summed E-state index contributed by atoms with van der Waals surface area (Å²) < 4.78 is 38.5. The average Bonchev–Trinajstić information content (AvgIpc) is 2.44. The molecule has 0 aliphatic heterocycles. The van der Waals surface area contributed by atoms with E-state index in [-0.39, 0.29) is 18.0 Å². The average molecular weight is 292 g/mol. The molecule has 3 nitrogen and oxygen atoms in total. The molecule has 2 aromatic carbocycles. The number of hydrogen-bond donors (Lipinski definition) is 2. The van der Waals surface area contributed by atoms with Gasteiger partial charge in [-0.05, 0) is 35.9 Å². The lowest BCUT2D eigenvalue weighted by atomic mass is 10.1. The van der Waals surface area contributed by atoms with Crippen molar-refractivity contribution in [3.63, 3.8) is 0 Å². The van der Waals surface area contributed by atoms with E-state index in [1.807, 2.05) is 0 Å². The van der Waals surface area contributed by atoms with E-state index in [0.717, 1.165) is 17.7 Å². The van der Waals surface area contributed by atoms with Crippen molar-refractivity contribution in [3.8, 4) is 11.8 Å². The number of phenolic OH excluding ortho intramolecular Hbond substituents is 1. The van der Waals surface area contributed by atoms with Gasteiger partial charge in [0.25, 0.3) is 0 Å². The number of rotatable bonds is 3. The van der Waals surface area contributed by atoms with Gasteiger partial charge in [0, 0.05) is 12.2 Å². The lowest BCUT2D eigenvalue weighted by Gasteiger charge is -2.12. The molecule has 0 bridgehead atoms. The zero-order valence-corrected chi connectivity index (χ0v) is 10.8. The third-order valence-electron chi connectivity index (χ3n) is 2.85. The number of nitrogens with zero attached hydrogens (tertiary/aromatic N) is 1. The quantitative estimate of drug-likeness (QED) is 0.902. The maximum Gasteiger partial charge on any atom is 0.417 e. The van der Waals surface area contributed by atoms with Gasteiger partial charge >= 0.3 is 6.18 Å². The zero-order valence-electron chi connectivity index (χ0n) is 10.8. The molecule has 0 aliphatic rings. The van der Waals surface area contributed by atoms with Crippen LogP contribution in [0.4, 0.5) is 18.9 Å². The van der Waals surface area contributed by atoms with Gasteiger partial charge in [-0.2, -0.15) is 18.4 Å². The topological polar surface area (TPSA) is 56.0 Å². The van der Waals surface area contributed by atoms with Crippen molar-refractivity contribution in [1.82, 2.24) is 0 Å². The molecule has 21 heavy (non-hydrogen) atoms. The van der Waals surface area contributed by atoms with E-state index in [4.69, 9.17) is 5.26 Å². The van der Waals surface area contributed by atoms with Crippen LogP contribution >= 0.6 is 0 Å². The predicted octanol–water partition coefficient (Wildman–Crippen LogP) is 3.89. The van der Waals surface area contributed by atoms with E-state index in [1.54, 1.807) is 12.1 Å². The van der Waals surface area contributed by atoms with Crippen LogP contribution in [0.1, 0.15) is 16.7 Å². The summed E-state index contributed by atoms with van der Waals surface area (Å²) in [7, 11) is 0. The Morgan fingerprint density at radius 2 is 1.90 bits per heavy atom. The number of alkyl halides is 3. The van der Waals surface area contributed by atoms with E-state index in [0.29, 0.717) is 0 Å². The van der Waals surface area contributed by atoms with Crippen LogP contribution in [0.3, 0.4) is 0 Å². The van der Waals surface area contributed by atoms with Gasteiger partial charge in [-0.1, -0.05) is 12.1 Å². The van der Waals surface area contributed by atoms with Crippen LogP contribution in [0, 0.1) is 11.3 Å². The molecule has 2 N–H and O–H groups in total. The van der Waals surface area contributed by atoms with Crippen molar-refractivity contribution in [1.29, 1.82) is 5.26 Å². The summed E-state index contributed by atoms with van der Waals surface area (Å²) in [6.07, 6.45) is -4.58. The maximum absolute atomic E-state index is 12.8. The summed E-state index contributed by atoms with van der Waals surface area (Å²) in [5, 5.41) is 20.9. The van der Waals surface area contributed by atoms with Crippen molar-refractivity contribution in [2.75, 3.05) is 5.32 Å². The minimum Gasteiger partial charge on any atom is -0.508 e. The van der Waals surface area contributed by atoms with E-state index < -0.39 is 17.3 Å². The molecule has 0 aliphatic carbocycles.